The van der Waals surface area contributed by atoms with E-state index in [0.29, 0.717) is 33.8 Å². The van der Waals surface area contributed by atoms with Crippen molar-refractivity contribution < 1.29 is 17.6 Å². The zero-order chi connectivity index (χ0) is 22.3. The summed E-state index contributed by atoms with van der Waals surface area (Å²) in [5, 5.41) is 5.43. The fourth-order valence-corrected chi connectivity index (χ4v) is 6.17. The molecule has 9 heteroatoms. The SMILES string of the molecule is O=C(Nc1nc2ccc(F)cc2s1)c1ccc(S(=O)(=O)C2CCc3ccccc3N2)cc1. The Morgan fingerprint density at radius 1 is 1.09 bits per heavy atom. The number of hydrogen-bond donors (Lipinski definition) is 2. The Morgan fingerprint density at radius 3 is 2.69 bits per heavy atom. The van der Waals surface area contributed by atoms with Crippen LogP contribution in [0.3, 0.4) is 0 Å². The van der Waals surface area contributed by atoms with Crippen LogP contribution in [-0.2, 0) is 16.3 Å². The Labute approximate surface area is 188 Å². The van der Waals surface area contributed by atoms with Crippen molar-refractivity contribution in [3.8, 4) is 0 Å². The zero-order valence-corrected chi connectivity index (χ0v) is 18.3. The summed E-state index contributed by atoms with van der Waals surface area (Å²) in [5.41, 5.74) is 2.83. The molecule has 2 N–H and O–H groups in total. The lowest BCUT2D eigenvalue weighted by molar-refractivity contribution is 0.102. The number of nitrogens with one attached hydrogen (secondary N) is 2. The van der Waals surface area contributed by atoms with E-state index in [1.807, 2.05) is 24.3 Å². The minimum absolute atomic E-state index is 0.154. The molecule has 162 valence electrons. The van der Waals surface area contributed by atoms with Gasteiger partial charge in [-0.15, -0.1) is 0 Å². The van der Waals surface area contributed by atoms with Crippen LogP contribution in [-0.4, -0.2) is 24.7 Å². The molecule has 6 nitrogen and oxygen atoms in total. The summed E-state index contributed by atoms with van der Waals surface area (Å²) < 4.78 is 40.2. The van der Waals surface area contributed by atoms with E-state index in [2.05, 4.69) is 15.6 Å². The Morgan fingerprint density at radius 2 is 1.88 bits per heavy atom. The highest BCUT2D eigenvalue weighted by atomic mass is 32.2. The molecule has 1 aromatic heterocycles. The maximum absolute atomic E-state index is 13.4. The average Bonchev–Trinajstić information content (AvgIpc) is 3.20. The smallest absolute Gasteiger partial charge is 0.257 e. The van der Waals surface area contributed by atoms with E-state index in [-0.39, 0.29) is 10.7 Å². The first-order valence-electron chi connectivity index (χ1n) is 9.96. The normalized spacial score (nSPS) is 15.7. The van der Waals surface area contributed by atoms with Crippen LogP contribution in [0.15, 0.2) is 71.6 Å². The Kier molecular flexibility index (Phi) is 5.15. The lowest BCUT2D eigenvalue weighted by Gasteiger charge is -2.26. The van der Waals surface area contributed by atoms with Crippen LogP contribution in [0.25, 0.3) is 10.2 Å². The minimum atomic E-state index is -3.62. The molecule has 1 unspecified atom stereocenters. The van der Waals surface area contributed by atoms with Crippen LogP contribution >= 0.6 is 11.3 Å². The molecule has 1 aliphatic rings. The topological polar surface area (TPSA) is 88.2 Å². The molecule has 4 aromatic rings. The number of carbonyl (C=O) groups is 1. The fraction of sp³-hybridized carbons (Fsp3) is 0.130. The number of thiazole rings is 1. The molecule has 1 aliphatic heterocycles. The van der Waals surface area contributed by atoms with Gasteiger partial charge >= 0.3 is 0 Å². The number of amides is 1. The number of aryl methyl sites for hydroxylation is 1. The minimum Gasteiger partial charge on any atom is -0.369 e. The van der Waals surface area contributed by atoms with Crippen molar-refractivity contribution in [2.75, 3.05) is 10.6 Å². The molecule has 3 aromatic carbocycles. The van der Waals surface area contributed by atoms with Gasteiger partial charge in [-0.05, 0) is 66.9 Å². The van der Waals surface area contributed by atoms with Crippen molar-refractivity contribution in [2.24, 2.45) is 0 Å². The van der Waals surface area contributed by atoms with E-state index in [1.165, 1.54) is 47.7 Å². The Hall–Kier alpha value is -3.30. The van der Waals surface area contributed by atoms with E-state index < -0.39 is 21.1 Å². The van der Waals surface area contributed by atoms with Gasteiger partial charge in [0.15, 0.2) is 15.0 Å². The number of fused-ring (bicyclic) bond motifs is 2. The standard InChI is InChI=1S/C23H18FN3O3S2/c24-16-8-11-19-20(13-16)31-23(26-19)27-22(28)15-5-9-17(10-6-15)32(29,30)21-12-7-14-3-1-2-4-18(14)25-21/h1-6,8-11,13,21,25H,7,12H2,(H,26,27,28). The summed E-state index contributed by atoms with van der Waals surface area (Å²) in [7, 11) is -3.62. The average molecular weight is 468 g/mol. The van der Waals surface area contributed by atoms with Gasteiger partial charge in [0, 0.05) is 11.3 Å². The molecule has 5 rings (SSSR count). The third-order valence-corrected chi connectivity index (χ3v) is 8.37. The van der Waals surface area contributed by atoms with Crippen LogP contribution in [0, 0.1) is 5.82 Å². The lowest BCUT2D eigenvalue weighted by Crippen LogP contribution is -2.33. The highest BCUT2D eigenvalue weighted by molar-refractivity contribution is 7.92. The summed E-state index contributed by atoms with van der Waals surface area (Å²) in [6, 6.07) is 17.7. The highest BCUT2D eigenvalue weighted by Gasteiger charge is 2.30. The van der Waals surface area contributed by atoms with E-state index in [0.717, 1.165) is 11.3 Å². The van der Waals surface area contributed by atoms with Crippen LogP contribution in [0.2, 0.25) is 0 Å². The molecule has 32 heavy (non-hydrogen) atoms. The van der Waals surface area contributed by atoms with E-state index >= 15 is 0 Å². The molecule has 0 aliphatic carbocycles. The molecule has 0 bridgehead atoms. The summed E-state index contributed by atoms with van der Waals surface area (Å²) in [4.78, 5) is 17.0. The first-order chi connectivity index (χ1) is 15.4. The molecule has 2 heterocycles. The number of rotatable bonds is 4. The summed E-state index contributed by atoms with van der Waals surface area (Å²) in [6.45, 7) is 0. The Balaban J connectivity index is 1.32. The maximum Gasteiger partial charge on any atom is 0.257 e. The predicted molar refractivity (Wildman–Crippen MR) is 123 cm³/mol. The van der Waals surface area contributed by atoms with Gasteiger partial charge in [0.2, 0.25) is 0 Å². The van der Waals surface area contributed by atoms with Gasteiger partial charge in [-0.25, -0.2) is 17.8 Å². The van der Waals surface area contributed by atoms with Crippen molar-refractivity contribution >= 4 is 48.1 Å². The van der Waals surface area contributed by atoms with Crippen molar-refractivity contribution in [2.45, 2.75) is 23.1 Å². The lowest BCUT2D eigenvalue weighted by atomic mass is 10.0. The number of para-hydroxylation sites is 1. The van der Waals surface area contributed by atoms with Gasteiger partial charge in [-0.2, -0.15) is 0 Å². The van der Waals surface area contributed by atoms with Gasteiger partial charge in [-0.1, -0.05) is 29.5 Å². The number of anilines is 2. The third kappa shape index (κ3) is 3.85. The summed E-state index contributed by atoms with van der Waals surface area (Å²) >= 11 is 1.17. The number of halogens is 1. The van der Waals surface area contributed by atoms with Crippen molar-refractivity contribution in [1.29, 1.82) is 0 Å². The fourth-order valence-electron chi connectivity index (χ4n) is 3.73. The highest BCUT2D eigenvalue weighted by Crippen LogP contribution is 2.30. The van der Waals surface area contributed by atoms with Crippen LogP contribution in [0.5, 0.6) is 0 Å². The second-order valence-corrected chi connectivity index (χ2v) is 10.6. The van der Waals surface area contributed by atoms with Crippen LogP contribution < -0.4 is 10.6 Å². The van der Waals surface area contributed by atoms with Crippen LogP contribution in [0.1, 0.15) is 22.3 Å². The number of carbonyl (C=O) groups excluding carboxylic acids is 1. The van der Waals surface area contributed by atoms with E-state index in [1.54, 1.807) is 6.07 Å². The molecule has 0 saturated heterocycles. The molecule has 0 saturated carbocycles. The molecular weight excluding hydrogens is 449 g/mol. The second-order valence-electron chi connectivity index (χ2n) is 7.48. The van der Waals surface area contributed by atoms with Crippen LogP contribution in [0.4, 0.5) is 15.2 Å². The molecule has 0 radical (unpaired) electrons. The van der Waals surface area contributed by atoms with Gasteiger partial charge in [0.05, 0.1) is 15.1 Å². The van der Waals surface area contributed by atoms with Crippen molar-refractivity contribution in [3.05, 3.63) is 83.7 Å². The third-order valence-electron chi connectivity index (χ3n) is 5.40. The summed E-state index contributed by atoms with van der Waals surface area (Å²) in [5.74, 6) is -0.787. The largest absolute Gasteiger partial charge is 0.369 e. The van der Waals surface area contributed by atoms with E-state index in [4.69, 9.17) is 0 Å². The first kappa shape index (κ1) is 20.6. The molecule has 0 spiro atoms. The number of aromatic nitrogens is 1. The second kappa shape index (κ2) is 7.99. The molecular formula is C23H18FN3O3S2. The monoisotopic (exact) mass is 467 g/mol. The molecule has 1 amide bonds. The van der Waals surface area contributed by atoms with Gasteiger partial charge in [0.25, 0.3) is 5.91 Å². The van der Waals surface area contributed by atoms with Crippen molar-refractivity contribution in [3.63, 3.8) is 0 Å². The number of sulfone groups is 1. The van der Waals surface area contributed by atoms with E-state index in [9.17, 15) is 17.6 Å². The zero-order valence-electron chi connectivity index (χ0n) is 16.7. The predicted octanol–water partition coefficient (Wildman–Crippen LogP) is 4.85. The van der Waals surface area contributed by atoms with Crippen molar-refractivity contribution in [1.82, 2.24) is 4.98 Å². The quantitative estimate of drug-likeness (QED) is 0.448. The number of hydrogen-bond acceptors (Lipinski definition) is 6. The molecule has 1 atom stereocenters. The number of nitrogens with zero attached hydrogens (tertiary/aromatic N) is 1. The molecule has 0 fully saturated rings. The number of benzene rings is 3. The first-order valence-corrected chi connectivity index (χ1v) is 12.3. The van der Waals surface area contributed by atoms with Gasteiger partial charge in [0.1, 0.15) is 11.2 Å². The Bertz CT molecular complexity index is 1430. The van der Waals surface area contributed by atoms with Gasteiger partial charge < -0.3 is 5.32 Å². The summed E-state index contributed by atoms with van der Waals surface area (Å²) in [6.07, 6.45) is 1.15. The maximum atomic E-state index is 13.4. The van der Waals surface area contributed by atoms with Gasteiger partial charge in [-0.3, -0.25) is 10.1 Å².